The van der Waals surface area contributed by atoms with Gasteiger partial charge in [0.15, 0.2) is 0 Å². The summed E-state index contributed by atoms with van der Waals surface area (Å²) in [5, 5.41) is 0. The van der Waals surface area contributed by atoms with Gasteiger partial charge in [-0.15, -0.1) is 0 Å². The first-order valence-electron chi connectivity index (χ1n) is 7.80. The fourth-order valence-electron chi connectivity index (χ4n) is 2.37. The number of thioether (sulfide) groups is 1. The third kappa shape index (κ3) is 4.38. The quantitative estimate of drug-likeness (QED) is 0.422. The minimum atomic E-state index is -0.0502. The maximum atomic E-state index is 12.6. The van der Waals surface area contributed by atoms with Gasteiger partial charge in [-0.3, -0.25) is 9.69 Å². The molecular formula is C20H17NO2S2. The number of hydrogen-bond acceptors (Lipinski definition) is 4. The number of rotatable bonds is 6. The molecule has 25 heavy (non-hydrogen) atoms. The van der Waals surface area contributed by atoms with Crippen LogP contribution < -0.4 is 4.74 Å². The molecule has 3 nitrogen and oxygen atoms in total. The van der Waals surface area contributed by atoms with E-state index in [0.29, 0.717) is 22.4 Å². The van der Waals surface area contributed by atoms with Crippen LogP contribution in [0.15, 0.2) is 72.2 Å². The molecule has 5 heteroatoms. The molecule has 1 heterocycles. The van der Waals surface area contributed by atoms with E-state index < -0.39 is 0 Å². The third-order valence-corrected chi connectivity index (χ3v) is 4.98. The van der Waals surface area contributed by atoms with E-state index in [1.807, 2.05) is 60.7 Å². The molecular weight excluding hydrogens is 350 g/mol. The minimum absolute atomic E-state index is 0.0502. The van der Waals surface area contributed by atoms with Crippen molar-refractivity contribution in [2.45, 2.75) is 6.54 Å². The van der Waals surface area contributed by atoms with Crippen LogP contribution in [0.25, 0.3) is 6.08 Å². The van der Waals surface area contributed by atoms with Crippen molar-refractivity contribution in [3.63, 3.8) is 0 Å². The molecule has 0 saturated carbocycles. The molecule has 0 aromatic heterocycles. The van der Waals surface area contributed by atoms with Gasteiger partial charge in [0.2, 0.25) is 0 Å². The van der Waals surface area contributed by atoms with Gasteiger partial charge in [0.25, 0.3) is 5.91 Å². The lowest BCUT2D eigenvalue weighted by atomic mass is 10.2. The first kappa shape index (κ1) is 17.5. The second-order valence-electron chi connectivity index (χ2n) is 5.42. The molecule has 1 amide bonds. The smallest absolute Gasteiger partial charge is 0.266 e. The van der Waals surface area contributed by atoms with Crippen molar-refractivity contribution in [2.75, 3.05) is 6.61 Å². The largest absolute Gasteiger partial charge is 0.490 e. The Balaban J connectivity index is 1.72. The number of nitrogens with zero attached hydrogens (tertiary/aromatic N) is 1. The standard InChI is InChI=1S/C20H17NO2S2/c1-2-12-23-17-10-8-15(9-11-17)13-18-19(22)21(20(24)25-18)14-16-6-4-3-5-7-16/h2-11,13H,1,12,14H2. The summed E-state index contributed by atoms with van der Waals surface area (Å²) in [4.78, 5) is 14.9. The molecule has 1 saturated heterocycles. The Labute approximate surface area is 157 Å². The van der Waals surface area contributed by atoms with Gasteiger partial charge in [0, 0.05) is 0 Å². The maximum absolute atomic E-state index is 12.6. The summed E-state index contributed by atoms with van der Waals surface area (Å²) in [7, 11) is 0. The molecule has 1 fully saturated rings. The van der Waals surface area contributed by atoms with Crippen molar-refractivity contribution in [3.8, 4) is 5.75 Å². The van der Waals surface area contributed by atoms with Gasteiger partial charge < -0.3 is 4.74 Å². The lowest BCUT2D eigenvalue weighted by Gasteiger charge is -2.14. The molecule has 0 unspecified atom stereocenters. The highest BCUT2D eigenvalue weighted by atomic mass is 32.2. The molecule has 0 aliphatic carbocycles. The average molecular weight is 367 g/mol. The van der Waals surface area contributed by atoms with E-state index in [1.165, 1.54) is 11.8 Å². The predicted octanol–water partition coefficient (Wildman–Crippen LogP) is 4.65. The molecule has 1 aliphatic heterocycles. The second-order valence-corrected chi connectivity index (χ2v) is 7.10. The Morgan fingerprint density at radius 2 is 1.84 bits per heavy atom. The fraction of sp³-hybridized carbons (Fsp3) is 0.100. The first-order chi connectivity index (χ1) is 12.2. The van der Waals surface area contributed by atoms with E-state index in [1.54, 1.807) is 11.0 Å². The Hall–Kier alpha value is -2.37. The SMILES string of the molecule is C=CCOc1ccc(C=C2SC(=S)N(Cc3ccccc3)C2=O)cc1. The summed E-state index contributed by atoms with van der Waals surface area (Å²) in [6.07, 6.45) is 3.56. The van der Waals surface area contributed by atoms with Crippen molar-refractivity contribution < 1.29 is 9.53 Å². The number of carbonyl (C=O) groups excluding carboxylic acids is 1. The minimum Gasteiger partial charge on any atom is -0.490 e. The van der Waals surface area contributed by atoms with Gasteiger partial charge in [-0.2, -0.15) is 0 Å². The molecule has 1 aliphatic rings. The predicted molar refractivity (Wildman–Crippen MR) is 107 cm³/mol. The van der Waals surface area contributed by atoms with Gasteiger partial charge in [0.1, 0.15) is 16.7 Å². The summed E-state index contributed by atoms with van der Waals surface area (Å²) in [5.74, 6) is 0.722. The Kier molecular flexibility index (Phi) is 5.68. The zero-order valence-electron chi connectivity index (χ0n) is 13.6. The number of amides is 1. The number of benzene rings is 2. The van der Waals surface area contributed by atoms with Crippen molar-refractivity contribution in [1.29, 1.82) is 0 Å². The molecule has 2 aromatic rings. The lowest BCUT2D eigenvalue weighted by Crippen LogP contribution is -2.27. The molecule has 126 valence electrons. The molecule has 0 bridgehead atoms. The van der Waals surface area contributed by atoms with Crippen LogP contribution in [-0.4, -0.2) is 21.7 Å². The number of carbonyl (C=O) groups is 1. The Bertz CT molecular complexity index is 813. The van der Waals surface area contributed by atoms with Crippen LogP contribution in [0.2, 0.25) is 0 Å². The van der Waals surface area contributed by atoms with Gasteiger partial charge >= 0.3 is 0 Å². The number of thiocarbonyl (C=S) groups is 1. The summed E-state index contributed by atoms with van der Waals surface area (Å²) in [5.41, 5.74) is 2.00. The van der Waals surface area contributed by atoms with Crippen molar-refractivity contribution in [2.24, 2.45) is 0 Å². The van der Waals surface area contributed by atoms with E-state index in [2.05, 4.69) is 6.58 Å². The van der Waals surface area contributed by atoms with Gasteiger partial charge in [0.05, 0.1) is 11.4 Å². The van der Waals surface area contributed by atoms with Crippen molar-refractivity contribution in [1.82, 2.24) is 4.90 Å². The zero-order valence-corrected chi connectivity index (χ0v) is 15.2. The van der Waals surface area contributed by atoms with Crippen molar-refractivity contribution in [3.05, 3.63) is 83.3 Å². The normalized spacial score (nSPS) is 15.7. The second kappa shape index (κ2) is 8.14. The molecule has 0 spiro atoms. The van der Waals surface area contributed by atoms with Crippen LogP contribution in [0.5, 0.6) is 5.75 Å². The number of hydrogen-bond donors (Lipinski definition) is 0. The Morgan fingerprint density at radius 1 is 1.12 bits per heavy atom. The monoisotopic (exact) mass is 367 g/mol. The van der Waals surface area contributed by atoms with E-state index in [-0.39, 0.29) is 5.91 Å². The zero-order chi connectivity index (χ0) is 17.6. The maximum Gasteiger partial charge on any atom is 0.266 e. The van der Waals surface area contributed by atoms with Crippen LogP contribution in [0, 0.1) is 0 Å². The third-order valence-electron chi connectivity index (χ3n) is 3.60. The highest BCUT2D eigenvalue weighted by Gasteiger charge is 2.31. The summed E-state index contributed by atoms with van der Waals surface area (Å²) in [6.45, 7) is 4.59. The average Bonchev–Trinajstić information content (AvgIpc) is 2.89. The van der Waals surface area contributed by atoms with Crippen molar-refractivity contribution >= 4 is 40.3 Å². The molecule has 0 atom stereocenters. The molecule has 3 rings (SSSR count). The summed E-state index contributed by atoms with van der Waals surface area (Å²) < 4.78 is 6.05. The Morgan fingerprint density at radius 3 is 2.52 bits per heavy atom. The van der Waals surface area contributed by atoms with E-state index in [4.69, 9.17) is 17.0 Å². The topological polar surface area (TPSA) is 29.5 Å². The fourth-order valence-corrected chi connectivity index (χ4v) is 3.62. The van der Waals surface area contributed by atoms with E-state index >= 15 is 0 Å². The van der Waals surface area contributed by atoms with Gasteiger partial charge in [-0.1, -0.05) is 79.1 Å². The van der Waals surface area contributed by atoms with Crippen LogP contribution in [0.3, 0.4) is 0 Å². The van der Waals surface area contributed by atoms with E-state index in [9.17, 15) is 4.79 Å². The van der Waals surface area contributed by atoms with Crippen LogP contribution in [0.1, 0.15) is 11.1 Å². The lowest BCUT2D eigenvalue weighted by molar-refractivity contribution is -0.122. The highest BCUT2D eigenvalue weighted by molar-refractivity contribution is 8.26. The summed E-state index contributed by atoms with van der Waals surface area (Å²) in [6, 6.07) is 17.4. The van der Waals surface area contributed by atoms with Crippen LogP contribution >= 0.6 is 24.0 Å². The number of ether oxygens (including phenoxy) is 1. The molecule has 2 aromatic carbocycles. The van der Waals surface area contributed by atoms with Gasteiger partial charge in [-0.25, -0.2) is 0 Å². The van der Waals surface area contributed by atoms with Gasteiger partial charge in [-0.05, 0) is 29.3 Å². The first-order valence-corrected chi connectivity index (χ1v) is 9.03. The van der Waals surface area contributed by atoms with Crippen LogP contribution in [0.4, 0.5) is 0 Å². The van der Waals surface area contributed by atoms with E-state index in [0.717, 1.165) is 16.9 Å². The molecule has 0 N–H and O–H groups in total. The molecule has 0 radical (unpaired) electrons. The highest BCUT2D eigenvalue weighted by Crippen LogP contribution is 2.33. The van der Waals surface area contributed by atoms with Crippen LogP contribution in [-0.2, 0) is 11.3 Å². The summed E-state index contributed by atoms with van der Waals surface area (Å²) >= 11 is 6.71.